The highest BCUT2D eigenvalue weighted by atomic mass is 16.5. The van der Waals surface area contributed by atoms with Crippen LogP contribution in [0, 0.1) is 0 Å². The summed E-state index contributed by atoms with van der Waals surface area (Å²) in [6.45, 7) is 5.79. The van der Waals surface area contributed by atoms with E-state index in [1.807, 2.05) is 19.9 Å². The fraction of sp³-hybridized carbons (Fsp3) is 0.500. The maximum absolute atomic E-state index is 12.6. The standard InChI is InChI=1S/C18H24N4O3/c1-4-25-11-14-10-13(7-8-15(14)24-3)18(23)19-12(2)17-21-20-16-6-5-9-22(16)17/h7-8,10,12H,4-6,9,11H2,1-3H3,(H,19,23). The molecule has 1 aromatic carbocycles. The number of amides is 1. The molecule has 3 rings (SSSR count). The third-order valence-electron chi connectivity index (χ3n) is 4.38. The molecule has 0 fully saturated rings. The molecule has 7 nitrogen and oxygen atoms in total. The molecule has 0 saturated heterocycles. The van der Waals surface area contributed by atoms with E-state index in [-0.39, 0.29) is 11.9 Å². The van der Waals surface area contributed by atoms with Crippen LogP contribution in [0.1, 0.15) is 53.9 Å². The molecule has 1 aliphatic rings. The van der Waals surface area contributed by atoms with Gasteiger partial charge in [0.15, 0.2) is 5.82 Å². The summed E-state index contributed by atoms with van der Waals surface area (Å²) < 4.78 is 12.9. The molecule has 1 amide bonds. The van der Waals surface area contributed by atoms with Crippen molar-refractivity contribution in [1.82, 2.24) is 20.1 Å². The Morgan fingerprint density at radius 1 is 1.40 bits per heavy atom. The average Bonchev–Trinajstić information content (AvgIpc) is 3.22. The number of hydrogen-bond donors (Lipinski definition) is 1. The first-order chi connectivity index (χ1) is 12.1. The molecule has 0 radical (unpaired) electrons. The van der Waals surface area contributed by atoms with E-state index in [0.717, 1.165) is 36.6 Å². The second kappa shape index (κ2) is 7.65. The summed E-state index contributed by atoms with van der Waals surface area (Å²) in [7, 11) is 1.61. The van der Waals surface area contributed by atoms with Gasteiger partial charge in [0.25, 0.3) is 5.91 Å². The van der Waals surface area contributed by atoms with Gasteiger partial charge in [-0.05, 0) is 38.5 Å². The number of fused-ring (bicyclic) bond motifs is 1. The topological polar surface area (TPSA) is 78.3 Å². The molecule has 134 valence electrons. The number of carbonyl (C=O) groups excluding carboxylic acids is 1. The molecule has 25 heavy (non-hydrogen) atoms. The lowest BCUT2D eigenvalue weighted by atomic mass is 10.1. The molecule has 1 atom stereocenters. The minimum absolute atomic E-state index is 0.150. The summed E-state index contributed by atoms with van der Waals surface area (Å²) >= 11 is 0. The molecule has 1 N–H and O–H groups in total. The largest absolute Gasteiger partial charge is 0.496 e. The van der Waals surface area contributed by atoms with Gasteiger partial charge in [-0.3, -0.25) is 4.79 Å². The van der Waals surface area contributed by atoms with Crippen molar-refractivity contribution in [2.75, 3.05) is 13.7 Å². The lowest BCUT2D eigenvalue weighted by Crippen LogP contribution is -2.28. The Morgan fingerprint density at radius 3 is 3.00 bits per heavy atom. The zero-order chi connectivity index (χ0) is 17.8. The first-order valence-corrected chi connectivity index (χ1v) is 8.61. The summed E-state index contributed by atoms with van der Waals surface area (Å²) in [4.78, 5) is 12.6. The van der Waals surface area contributed by atoms with Gasteiger partial charge >= 0.3 is 0 Å². The predicted octanol–water partition coefficient (Wildman–Crippen LogP) is 2.26. The smallest absolute Gasteiger partial charge is 0.251 e. The van der Waals surface area contributed by atoms with Crippen molar-refractivity contribution in [1.29, 1.82) is 0 Å². The predicted molar refractivity (Wildman–Crippen MR) is 92.5 cm³/mol. The number of carbonyl (C=O) groups is 1. The van der Waals surface area contributed by atoms with Gasteiger partial charge in [0.1, 0.15) is 11.6 Å². The van der Waals surface area contributed by atoms with E-state index in [1.165, 1.54) is 0 Å². The minimum Gasteiger partial charge on any atom is -0.496 e. The van der Waals surface area contributed by atoms with E-state index in [1.54, 1.807) is 19.2 Å². The minimum atomic E-state index is -0.204. The Hall–Kier alpha value is -2.41. The van der Waals surface area contributed by atoms with Crippen LogP contribution in [0.2, 0.25) is 0 Å². The number of nitrogens with zero attached hydrogens (tertiary/aromatic N) is 3. The molecule has 2 aromatic rings. The second-order valence-corrected chi connectivity index (χ2v) is 6.09. The first kappa shape index (κ1) is 17.4. The number of benzene rings is 1. The van der Waals surface area contributed by atoms with Gasteiger partial charge in [0.2, 0.25) is 0 Å². The zero-order valence-electron chi connectivity index (χ0n) is 14.9. The third kappa shape index (κ3) is 3.66. The van der Waals surface area contributed by atoms with Crippen LogP contribution in [0.3, 0.4) is 0 Å². The number of rotatable bonds is 7. The Balaban J connectivity index is 1.74. The summed E-state index contributed by atoms with van der Waals surface area (Å²) in [5.74, 6) is 2.38. The van der Waals surface area contributed by atoms with Crippen molar-refractivity contribution in [3.05, 3.63) is 41.0 Å². The Morgan fingerprint density at radius 2 is 2.24 bits per heavy atom. The van der Waals surface area contributed by atoms with Gasteiger partial charge in [-0.2, -0.15) is 0 Å². The monoisotopic (exact) mass is 344 g/mol. The van der Waals surface area contributed by atoms with Crippen LogP contribution in [0.15, 0.2) is 18.2 Å². The van der Waals surface area contributed by atoms with Crippen molar-refractivity contribution in [3.8, 4) is 5.75 Å². The molecule has 7 heteroatoms. The fourth-order valence-electron chi connectivity index (χ4n) is 3.08. The van der Waals surface area contributed by atoms with Gasteiger partial charge in [0.05, 0.1) is 19.8 Å². The fourth-order valence-corrected chi connectivity index (χ4v) is 3.08. The number of nitrogens with one attached hydrogen (secondary N) is 1. The summed E-state index contributed by atoms with van der Waals surface area (Å²) in [6.07, 6.45) is 2.03. The van der Waals surface area contributed by atoms with E-state index >= 15 is 0 Å². The van der Waals surface area contributed by atoms with Crippen LogP contribution in [-0.4, -0.2) is 34.4 Å². The van der Waals surface area contributed by atoms with Crippen molar-refractivity contribution in [3.63, 3.8) is 0 Å². The molecule has 1 unspecified atom stereocenters. The van der Waals surface area contributed by atoms with Crippen LogP contribution in [0.25, 0.3) is 0 Å². The van der Waals surface area contributed by atoms with Gasteiger partial charge in [-0.15, -0.1) is 10.2 Å². The molecular formula is C18H24N4O3. The van der Waals surface area contributed by atoms with Crippen molar-refractivity contribution >= 4 is 5.91 Å². The maximum atomic E-state index is 12.6. The van der Waals surface area contributed by atoms with Crippen LogP contribution < -0.4 is 10.1 Å². The van der Waals surface area contributed by atoms with Crippen LogP contribution in [-0.2, 0) is 24.3 Å². The molecule has 0 bridgehead atoms. The van der Waals surface area contributed by atoms with E-state index in [0.29, 0.717) is 24.5 Å². The Kier molecular flexibility index (Phi) is 5.33. The van der Waals surface area contributed by atoms with E-state index in [9.17, 15) is 4.79 Å². The van der Waals surface area contributed by atoms with Gasteiger partial charge in [-0.1, -0.05) is 0 Å². The molecule has 0 saturated carbocycles. The van der Waals surface area contributed by atoms with Gasteiger partial charge < -0.3 is 19.4 Å². The molecule has 1 aliphatic heterocycles. The van der Waals surface area contributed by atoms with Gasteiger partial charge in [0, 0.05) is 30.7 Å². The van der Waals surface area contributed by atoms with E-state index in [2.05, 4.69) is 20.1 Å². The third-order valence-corrected chi connectivity index (χ3v) is 4.38. The van der Waals surface area contributed by atoms with Crippen molar-refractivity contribution in [2.45, 2.75) is 45.9 Å². The second-order valence-electron chi connectivity index (χ2n) is 6.09. The molecular weight excluding hydrogens is 320 g/mol. The van der Waals surface area contributed by atoms with E-state index < -0.39 is 0 Å². The maximum Gasteiger partial charge on any atom is 0.251 e. The average molecular weight is 344 g/mol. The number of hydrogen-bond acceptors (Lipinski definition) is 5. The first-order valence-electron chi connectivity index (χ1n) is 8.61. The highest BCUT2D eigenvalue weighted by Crippen LogP contribution is 2.22. The Bertz CT molecular complexity index is 757. The van der Waals surface area contributed by atoms with E-state index in [4.69, 9.17) is 9.47 Å². The summed E-state index contributed by atoms with van der Waals surface area (Å²) in [5.41, 5.74) is 1.43. The molecule has 0 spiro atoms. The normalized spacial score (nSPS) is 14.2. The SMILES string of the molecule is CCOCc1cc(C(=O)NC(C)c2nnc3n2CCC3)ccc1OC. The van der Waals surface area contributed by atoms with Gasteiger partial charge in [-0.25, -0.2) is 0 Å². The van der Waals surface area contributed by atoms with Crippen LogP contribution in [0.5, 0.6) is 5.75 Å². The molecule has 1 aromatic heterocycles. The zero-order valence-corrected chi connectivity index (χ0v) is 14.9. The molecule has 0 aliphatic carbocycles. The quantitative estimate of drug-likeness (QED) is 0.833. The lowest BCUT2D eigenvalue weighted by Gasteiger charge is -2.15. The highest BCUT2D eigenvalue weighted by Gasteiger charge is 2.23. The summed E-state index contributed by atoms with van der Waals surface area (Å²) in [5, 5.41) is 11.4. The Labute approximate surface area is 147 Å². The van der Waals surface area contributed by atoms with Crippen LogP contribution >= 0.6 is 0 Å². The number of ether oxygens (including phenoxy) is 2. The van der Waals surface area contributed by atoms with Crippen molar-refractivity contribution < 1.29 is 14.3 Å². The highest BCUT2D eigenvalue weighted by molar-refractivity contribution is 5.94. The summed E-state index contributed by atoms with van der Waals surface area (Å²) in [6, 6.07) is 5.15. The number of aryl methyl sites for hydroxylation is 1. The van der Waals surface area contributed by atoms with Crippen LogP contribution in [0.4, 0.5) is 0 Å². The number of methoxy groups -OCH3 is 1. The number of aromatic nitrogens is 3. The lowest BCUT2D eigenvalue weighted by molar-refractivity contribution is 0.0937. The molecule has 2 heterocycles. The van der Waals surface area contributed by atoms with Crippen molar-refractivity contribution in [2.24, 2.45) is 0 Å².